The number of aromatic carboxylic acids is 1. The monoisotopic (exact) mass is 324 g/mol. The van der Waals surface area contributed by atoms with Gasteiger partial charge >= 0.3 is 5.97 Å². The number of oxazole rings is 1. The van der Waals surface area contributed by atoms with Crippen LogP contribution in [0.15, 0.2) is 52.9 Å². The second-order valence-corrected chi connectivity index (χ2v) is 5.65. The molecule has 0 aliphatic carbocycles. The molecule has 1 atom stereocenters. The molecule has 0 radical (unpaired) electrons. The SMILES string of the molecule is O=C(O)c1cccc2oc(N3CCOCC3c3ccccc3)nc12. The van der Waals surface area contributed by atoms with Crippen LogP contribution in [0, 0.1) is 0 Å². The first-order valence-corrected chi connectivity index (χ1v) is 7.76. The van der Waals surface area contributed by atoms with Gasteiger partial charge in [0.05, 0.1) is 24.8 Å². The third kappa shape index (κ3) is 2.51. The largest absolute Gasteiger partial charge is 0.478 e. The maximum absolute atomic E-state index is 11.4. The van der Waals surface area contributed by atoms with E-state index < -0.39 is 5.97 Å². The third-order valence-electron chi connectivity index (χ3n) is 4.20. The number of carboxylic acids is 1. The molecule has 0 bridgehead atoms. The van der Waals surface area contributed by atoms with Crippen LogP contribution in [0.2, 0.25) is 0 Å². The second kappa shape index (κ2) is 5.98. The van der Waals surface area contributed by atoms with Crippen LogP contribution >= 0.6 is 0 Å². The lowest BCUT2D eigenvalue weighted by Crippen LogP contribution is -2.39. The molecule has 6 heteroatoms. The number of para-hydroxylation sites is 1. The molecule has 0 spiro atoms. The van der Waals surface area contributed by atoms with Gasteiger partial charge < -0.3 is 19.2 Å². The molecule has 1 fully saturated rings. The second-order valence-electron chi connectivity index (χ2n) is 5.65. The number of fused-ring (bicyclic) bond motifs is 1. The fourth-order valence-corrected chi connectivity index (χ4v) is 3.02. The number of ether oxygens (including phenoxy) is 1. The van der Waals surface area contributed by atoms with Crippen LogP contribution < -0.4 is 4.90 Å². The average molecular weight is 324 g/mol. The summed E-state index contributed by atoms with van der Waals surface area (Å²) in [5.74, 6) is -1.01. The number of hydrogen-bond donors (Lipinski definition) is 1. The zero-order valence-corrected chi connectivity index (χ0v) is 12.9. The maximum Gasteiger partial charge on any atom is 0.338 e. The summed E-state index contributed by atoms with van der Waals surface area (Å²) in [4.78, 5) is 17.9. The maximum atomic E-state index is 11.4. The zero-order chi connectivity index (χ0) is 16.5. The highest BCUT2D eigenvalue weighted by molar-refractivity contribution is 6.00. The quantitative estimate of drug-likeness (QED) is 0.798. The Balaban J connectivity index is 1.77. The fraction of sp³-hybridized carbons (Fsp3) is 0.222. The third-order valence-corrected chi connectivity index (χ3v) is 4.20. The molecule has 1 unspecified atom stereocenters. The van der Waals surface area contributed by atoms with Gasteiger partial charge in [-0.25, -0.2) is 4.79 Å². The highest BCUT2D eigenvalue weighted by Gasteiger charge is 2.29. The molecule has 122 valence electrons. The number of anilines is 1. The lowest BCUT2D eigenvalue weighted by atomic mass is 10.1. The van der Waals surface area contributed by atoms with Crippen molar-refractivity contribution >= 4 is 23.1 Å². The smallest absolute Gasteiger partial charge is 0.338 e. The van der Waals surface area contributed by atoms with E-state index in [1.165, 1.54) is 6.07 Å². The van der Waals surface area contributed by atoms with Crippen molar-refractivity contribution in [3.63, 3.8) is 0 Å². The van der Waals surface area contributed by atoms with Crippen LogP contribution in [0.5, 0.6) is 0 Å². The first kappa shape index (κ1) is 14.7. The molecule has 2 heterocycles. The average Bonchev–Trinajstić information content (AvgIpc) is 3.06. The van der Waals surface area contributed by atoms with Gasteiger partial charge in [-0.1, -0.05) is 36.4 Å². The molecular weight excluding hydrogens is 308 g/mol. The lowest BCUT2D eigenvalue weighted by molar-refractivity contribution is 0.0698. The Hall–Kier alpha value is -2.86. The topological polar surface area (TPSA) is 75.8 Å². The van der Waals surface area contributed by atoms with E-state index in [1.54, 1.807) is 12.1 Å². The highest BCUT2D eigenvalue weighted by atomic mass is 16.5. The molecule has 24 heavy (non-hydrogen) atoms. The van der Waals surface area contributed by atoms with E-state index in [-0.39, 0.29) is 11.6 Å². The molecule has 1 N–H and O–H groups in total. The molecule has 2 aromatic carbocycles. The number of nitrogens with zero attached hydrogens (tertiary/aromatic N) is 2. The summed E-state index contributed by atoms with van der Waals surface area (Å²) >= 11 is 0. The van der Waals surface area contributed by atoms with Gasteiger partial charge in [0, 0.05) is 6.54 Å². The van der Waals surface area contributed by atoms with E-state index in [0.29, 0.717) is 36.9 Å². The Labute approximate surface area is 138 Å². The summed E-state index contributed by atoms with van der Waals surface area (Å²) in [6.07, 6.45) is 0. The Morgan fingerprint density at radius 2 is 2.00 bits per heavy atom. The highest BCUT2D eigenvalue weighted by Crippen LogP contribution is 2.32. The van der Waals surface area contributed by atoms with Crippen molar-refractivity contribution < 1.29 is 19.1 Å². The van der Waals surface area contributed by atoms with E-state index in [1.807, 2.05) is 35.2 Å². The number of benzene rings is 2. The van der Waals surface area contributed by atoms with Crippen LogP contribution in [0.4, 0.5) is 6.01 Å². The van der Waals surface area contributed by atoms with Gasteiger partial charge in [0.1, 0.15) is 5.52 Å². The van der Waals surface area contributed by atoms with E-state index in [9.17, 15) is 9.90 Å². The van der Waals surface area contributed by atoms with E-state index >= 15 is 0 Å². The van der Waals surface area contributed by atoms with Gasteiger partial charge in [0.2, 0.25) is 0 Å². The predicted octanol–water partition coefficient (Wildman–Crippen LogP) is 3.10. The first-order chi connectivity index (χ1) is 11.7. The summed E-state index contributed by atoms with van der Waals surface area (Å²) in [5, 5.41) is 9.32. The normalized spacial score (nSPS) is 18.0. The molecule has 1 saturated heterocycles. The summed E-state index contributed by atoms with van der Waals surface area (Å²) < 4.78 is 11.5. The van der Waals surface area contributed by atoms with Gasteiger partial charge in [-0.05, 0) is 17.7 Å². The van der Waals surface area contributed by atoms with Gasteiger partial charge in [-0.2, -0.15) is 4.98 Å². The van der Waals surface area contributed by atoms with Crippen LogP contribution in [0.1, 0.15) is 22.0 Å². The van der Waals surface area contributed by atoms with Gasteiger partial charge in [-0.15, -0.1) is 0 Å². The minimum Gasteiger partial charge on any atom is -0.478 e. The number of hydrogen-bond acceptors (Lipinski definition) is 5. The number of carbonyl (C=O) groups is 1. The zero-order valence-electron chi connectivity index (χ0n) is 12.9. The van der Waals surface area contributed by atoms with Crippen molar-refractivity contribution in [3.05, 3.63) is 59.7 Å². The fourth-order valence-electron chi connectivity index (χ4n) is 3.02. The van der Waals surface area contributed by atoms with Crippen LogP contribution in [0.3, 0.4) is 0 Å². The predicted molar refractivity (Wildman–Crippen MR) is 88.3 cm³/mol. The Morgan fingerprint density at radius 1 is 1.17 bits per heavy atom. The Bertz CT molecular complexity index is 875. The number of aromatic nitrogens is 1. The Morgan fingerprint density at radius 3 is 2.79 bits per heavy atom. The Kier molecular flexibility index (Phi) is 3.66. The van der Waals surface area contributed by atoms with Gasteiger partial charge in [0.25, 0.3) is 6.01 Å². The number of carboxylic acid groups (broad SMARTS) is 1. The molecule has 3 aromatic rings. The summed E-state index contributed by atoms with van der Waals surface area (Å²) in [6.45, 7) is 1.75. The molecule has 1 aliphatic rings. The molecule has 0 amide bonds. The molecule has 6 nitrogen and oxygen atoms in total. The lowest BCUT2D eigenvalue weighted by Gasteiger charge is -2.34. The minimum atomic E-state index is -1.01. The summed E-state index contributed by atoms with van der Waals surface area (Å²) in [6, 6.07) is 15.4. The molecule has 4 rings (SSSR count). The number of rotatable bonds is 3. The standard InChI is InChI=1S/C18H16N2O4/c21-17(22)13-7-4-8-15-16(13)19-18(24-15)20-9-10-23-11-14(20)12-5-2-1-3-6-12/h1-8,14H,9-11H2,(H,21,22). The minimum absolute atomic E-state index is 0.0127. The van der Waals surface area contributed by atoms with Crippen LogP contribution in [-0.4, -0.2) is 35.8 Å². The van der Waals surface area contributed by atoms with E-state index in [0.717, 1.165) is 5.56 Å². The molecular formula is C18H16N2O4. The van der Waals surface area contributed by atoms with E-state index in [4.69, 9.17) is 9.15 Å². The van der Waals surface area contributed by atoms with Crippen molar-refractivity contribution in [2.24, 2.45) is 0 Å². The van der Waals surface area contributed by atoms with Crippen LogP contribution in [0.25, 0.3) is 11.1 Å². The van der Waals surface area contributed by atoms with Crippen molar-refractivity contribution in [2.75, 3.05) is 24.7 Å². The molecule has 1 aliphatic heterocycles. The van der Waals surface area contributed by atoms with Gasteiger partial charge in [0.15, 0.2) is 5.58 Å². The van der Waals surface area contributed by atoms with Crippen molar-refractivity contribution in [3.8, 4) is 0 Å². The van der Waals surface area contributed by atoms with Crippen LogP contribution in [-0.2, 0) is 4.74 Å². The van der Waals surface area contributed by atoms with Gasteiger partial charge in [-0.3, -0.25) is 0 Å². The van der Waals surface area contributed by atoms with Crippen molar-refractivity contribution in [1.82, 2.24) is 4.98 Å². The summed E-state index contributed by atoms with van der Waals surface area (Å²) in [7, 11) is 0. The van der Waals surface area contributed by atoms with E-state index in [2.05, 4.69) is 4.98 Å². The van der Waals surface area contributed by atoms with Crippen molar-refractivity contribution in [1.29, 1.82) is 0 Å². The first-order valence-electron chi connectivity index (χ1n) is 7.76. The van der Waals surface area contributed by atoms with Crippen molar-refractivity contribution in [2.45, 2.75) is 6.04 Å². The molecule has 0 saturated carbocycles. The molecule has 1 aromatic heterocycles. The number of morpholine rings is 1. The summed E-state index contributed by atoms with van der Waals surface area (Å²) in [5.41, 5.74) is 2.10.